The first-order chi connectivity index (χ1) is 13.1. The van der Waals surface area contributed by atoms with Gasteiger partial charge in [0.2, 0.25) is 0 Å². The number of nitrogens with zero attached hydrogens (tertiary/aromatic N) is 2. The van der Waals surface area contributed by atoms with Gasteiger partial charge in [-0.15, -0.1) is 0 Å². The third-order valence-electron chi connectivity index (χ3n) is 4.46. The number of amides is 1. The van der Waals surface area contributed by atoms with Crippen LogP contribution in [0, 0.1) is 0 Å². The molecule has 152 valence electrons. The number of fused-ring (bicyclic) bond motifs is 1. The second-order valence-corrected chi connectivity index (χ2v) is 9.47. The van der Waals surface area contributed by atoms with E-state index in [4.69, 9.17) is 4.74 Å². The first-order valence-electron chi connectivity index (χ1n) is 9.25. The molecule has 0 radical (unpaired) electrons. The van der Waals surface area contributed by atoms with Gasteiger partial charge in [-0.2, -0.15) is 5.10 Å². The number of carbonyl (C=O) groups is 1. The van der Waals surface area contributed by atoms with E-state index in [0.717, 1.165) is 17.5 Å². The molecule has 2 N–H and O–H groups in total. The molecular weight excluding hydrogens is 380 g/mol. The molecule has 0 aliphatic carbocycles. The summed E-state index contributed by atoms with van der Waals surface area (Å²) in [7, 11) is -3.73. The molecule has 1 aromatic carbocycles. The number of rotatable bonds is 4. The number of sulfonamides is 1. The van der Waals surface area contributed by atoms with Gasteiger partial charge in [0.1, 0.15) is 5.60 Å². The van der Waals surface area contributed by atoms with Gasteiger partial charge in [-0.1, -0.05) is 19.1 Å². The number of carbonyl (C=O) groups excluding carboxylic acids is 1. The number of nitrogens with one attached hydrogen (secondary N) is 2. The maximum Gasteiger partial charge on any atom is 0.410 e. The number of hydrogen-bond acceptors (Lipinski definition) is 5. The Balaban J connectivity index is 1.74. The summed E-state index contributed by atoms with van der Waals surface area (Å²) >= 11 is 0. The van der Waals surface area contributed by atoms with E-state index in [1.54, 1.807) is 29.2 Å². The highest BCUT2D eigenvalue weighted by Gasteiger charge is 2.29. The lowest BCUT2D eigenvalue weighted by Crippen LogP contribution is -2.39. The van der Waals surface area contributed by atoms with E-state index in [1.807, 2.05) is 27.7 Å². The minimum atomic E-state index is -3.73. The number of anilines is 1. The van der Waals surface area contributed by atoms with Crippen LogP contribution in [0.5, 0.6) is 0 Å². The topological polar surface area (TPSA) is 104 Å². The monoisotopic (exact) mass is 406 g/mol. The summed E-state index contributed by atoms with van der Waals surface area (Å²) in [5.41, 5.74) is 1.97. The fourth-order valence-corrected chi connectivity index (χ4v) is 4.01. The summed E-state index contributed by atoms with van der Waals surface area (Å²) in [5.74, 6) is 0.276. The zero-order chi connectivity index (χ0) is 20.5. The number of hydrogen-bond donors (Lipinski definition) is 2. The quantitative estimate of drug-likeness (QED) is 0.812. The SMILES string of the molecule is CCc1ccc(S(=O)(=O)Nc2n[nH]c3c2CCN(C(=O)OC(C)(C)C)C3)cc1. The zero-order valence-corrected chi connectivity index (χ0v) is 17.4. The first-order valence-corrected chi connectivity index (χ1v) is 10.7. The molecule has 0 unspecified atom stereocenters. The van der Waals surface area contributed by atoms with Gasteiger partial charge in [-0.25, -0.2) is 13.2 Å². The smallest absolute Gasteiger partial charge is 0.410 e. The Morgan fingerprint density at radius 3 is 2.57 bits per heavy atom. The molecule has 3 rings (SSSR count). The van der Waals surface area contributed by atoms with Crippen LogP contribution < -0.4 is 4.72 Å². The Bertz CT molecular complexity index is 959. The second kappa shape index (κ2) is 7.46. The fraction of sp³-hybridized carbons (Fsp3) is 0.474. The van der Waals surface area contributed by atoms with E-state index in [-0.39, 0.29) is 10.7 Å². The maximum absolute atomic E-state index is 12.7. The van der Waals surface area contributed by atoms with Gasteiger partial charge >= 0.3 is 6.09 Å². The van der Waals surface area contributed by atoms with Crippen molar-refractivity contribution < 1.29 is 17.9 Å². The average Bonchev–Trinajstić information content (AvgIpc) is 3.02. The minimum absolute atomic E-state index is 0.188. The molecule has 0 saturated carbocycles. The molecule has 2 aromatic rings. The number of aromatic amines is 1. The molecule has 0 atom stereocenters. The van der Waals surface area contributed by atoms with Crippen molar-refractivity contribution in [3.05, 3.63) is 41.1 Å². The van der Waals surface area contributed by atoms with Crippen molar-refractivity contribution >= 4 is 21.9 Å². The molecule has 1 aromatic heterocycles. The Kier molecular flexibility index (Phi) is 5.38. The highest BCUT2D eigenvalue weighted by atomic mass is 32.2. The lowest BCUT2D eigenvalue weighted by Gasteiger charge is -2.29. The predicted octanol–water partition coefficient (Wildman–Crippen LogP) is 3.07. The summed E-state index contributed by atoms with van der Waals surface area (Å²) in [6.45, 7) is 8.19. The molecule has 8 nitrogen and oxygen atoms in total. The molecular formula is C19H26N4O4S. The minimum Gasteiger partial charge on any atom is -0.444 e. The van der Waals surface area contributed by atoms with Crippen molar-refractivity contribution in [2.45, 2.75) is 57.6 Å². The van der Waals surface area contributed by atoms with Crippen molar-refractivity contribution in [1.82, 2.24) is 15.1 Å². The van der Waals surface area contributed by atoms with Gasteiger partial charge < -0.3 is 9.64 Å². The number of aryl methyl sites for hydroxylation is 1. The van der Waals surface area contributed by atoms with Crippen LogP contribution in [0.3, 0.4) is 0 Å². The first kappa shape index (κ1) is 20.2. The molecule has 0 bridgehead atoms. The average molecular weight is 407 g/mol. The summed E-state index contributed by atoms with van der Waals surface area (Å²) < 4.78 is 33.3. The molecule has 1 aliphatic heterocycles. The van der Waals surface area contributed by atoms with Crippen LogP contribution in [-0.2, 0) is 34.1 Å². The van der Waals surface area contributed by atoms with Crippen molar-refractivity contribution in [2.75, 3.05) is 11.3 Å². The molecule has 28 heavy (non-hydrogen) atoms. The lowest BCUT2D eigenvalue weighted by molar-refractivity contribution is 0.0221. The predicted molar refractivity (Wildman–Crippen MR) is 106 cm³/mol. The largest absolute Gasteiger partial charge is 0.444 e. The highest BCUT2D eigenvalue weighted by molar-refractivity contribution is 7.92. The molecule has 0 fully saturated rings. The van der Waals surface area contributed by atoms with E-state index in [0.29, 0.717) is 25.2 Å². The number of aromatic nitrogens is 2. The third kappa shape index (κ3) is 4.46. The van der Waals surface area contributed by atoms with Crippen LogP contribution >= 0.6 is 0 Å². The van der Waals surface area contributed by atoms with Crippen LogP contribution in [0.1, 0.15) is 44.5 Å². The van der Waals surface area contributed by atoms with Crippen molar-refractivity contribution in [1.29, 1.82) is 0 Å². The van der Waals surface area contributed by atoms with Crippen molar-refractivity contribution in [3.8, 4) is 0 Å². The molecule has 0 spiro atoms. The Morgan fingerprint density at radius 1 is 1.29 bits per heavy atom. The van der Waals surface area contributed by atoms with Crippen LogP contribution in [0.15, 0.2) is 29.2 Å². The van der Waals surface area contributed by atoms with Crippen LogP contribution in [0.25, 0.3) is 0 Å². The molecule has 2 heterocycles. The van der Waals surface area contributed by atoms with Gasteiger partial charge in [0.25, 0.3) is 10.0 Å². The summed E-state index contributed by atoms with van der Waals surface area (Å²) in [5, 5.41) is 6.96. The molecule has 1 amide bonds. The van der Waals surface area contributed by atoms with E-state index < -0.39 is 21.7 Å². The van der Waals surface area contributed by atoms with Crippen molar-refractivity contribution in [3.63, 3.8) is 0 Å². The lowest BCUT2D eigenvalue weighted by atomic mass is 10.1. The highest BCUT2D eigenvalue weighted by Crippen LogP contribution is 2.26. The van der Waals surface area contributed by atoms with Gasteiger partial charge in [-0.05, 0) is 51.3 Å². The summed E-state index contributed by atoms with van der Waals surface area (Å²) in [6, 6.07) is 6.77. The van der Waals surface area contributed by atoms with Crippen LogP contribution in [0.2, 0.25) is 0 Å². The summed E-state index contributed by atoms with van der Waals surface area (Å²) in [6.07, 6.45) is 0.929. The number of benzene rings is 1. The van der Waals surface area contributed by atoms with Crippen LogP contribution in [-0.4, -0.2) is 41.8 Å². The van der Waals surface area contributed by atoms with Gasteiger partial charge in [0, 0.05) is 12.1 Å². The maximum atomic E-state index is 12.7. The van der Waals surface area contributed by atoms with E-state index >= 15 is 0 Å². The van der Waals surface area contributed by atoms with Crippen LogP contribution in [0.4, 0.5) is 10.6 Å². The fourth-order valence-electron chi connectivity index (χ4n) is 2.98. The number of H-pyrrole nitrogens is 1. The molecule has 1 aliphatic rings. The molecule has 0 saturated heterocycles. The standard InChI is InChI=1S/C19H26N4O4S/c1-5-13-6-8-14(9-7-13)28(25,26)22-17-15-10-11-23(12-16(15)20-21-17)18(24)27-19(2,3)4/h6-9H,5,10-12H2,1-4H3,(H2,20,21,22). The molecule has 9 heteroatoms. The Morgan fingerprint density at radius 2 is 1.96 bits per heavy atom. The van der Waals surface area contributed by atoms with Crippen molar-refractivity contribution in [2.24, 2.45) is 0 Å². The van der Waals surface area contributed by atoms with Gasteiger partial charge in [-0.3, -0.25) is 9.82 Å². The van der Waals surface area contributed by atoms with Gasteiger partial charge in [0.05, 0.1) is 17.1 Å². The Labute approximate surface area is 165 Å². The second-order valence-electron chi connectivity index (χ2n) is 7.78. The summed E-state index contributed by atoms with van der Waals surface area (Å²) in [4.78, 5) is 14.0. The zero-order valence-electron chi connectivity index (χ0n) is 16.6. The van der Waals surface area contributed by atoms with Gasteiger partial charge in [0.15, 0.2) is 5.82 Å². The van der Waals surface area contributed by atoms with E-state index in [9.17, 15) is 13.2 Å². The van der Waals surface area contributed by atoms with E-state index in [1.165, 1.54) is 0 Å². The normalized spacial score (nSPS) is 14.5. The third-order valence-corrected chi connectivity index (χ3v) is 5.81. The Hall–Kier alpha value is -2.55. The van der Waals surface area contributed by atoms with E-state index in [2.05, 4.69) is 14.9 Å². The number of ether oxygens (including phenoxy) is 1.